The van der Waals surface area contributed by atoms with E-state index < -0.39 is 0 Å². The van der Waals surface area contributed by atoms with Gasteiger partial charge >= 0.3 is 0 Å². The molecule has 1 aromatic heterocycles. The SMILES string of the molecule is CCOCCN1C(=O)/C(=C/c2ccc(-c3cccc(Br)c3)o2)SC1=Nc1ccccc1. The number of thioether (sulfide) groups is 1. The summed E-state index contributed by atoms with van der Waals surface area (Å²) < 4.78 is 12.4. The van der Waals surface area contributed by atoms with E-state index >= 15 is 0 Å². The third-order valence-electron chi connectivity index (χ3n) is 4.54. The van der Waals surface area contributed by atoms with Crippen molar-refractivity contribution in [2.75, 3.05) is 19.8 Å². The van der Waals surface area contributed by atoms with E-state index in [-0.39, 0.29) is 5.91 Å². The molecule has 31 heavy (non-hydrogen) atoms. The molecule has 0 atom stereocenters. The zero-order valence-electron chi connectivity index (χ0n) is 17.0. The molecule has 7 heteroatoms. The van der Waals surface area contributed by atoms with Gasteiger partial charge in [0, 0.05) is 22.7 Å². The van der Waals surface area contributed by atoms with Crippen molar-refractivity contribution in [1.29, 1.82) is 0 Å². The summed E-state index contributed by atoms with van der Waals surface area (Å²) in [4.78, 5) is 20.0. The molecule has 158 valence electrons. The van der Waals surface area contributed by atoms with Gasteiger partial charge in [0.05, 0.1) is 23.7 Å². The number of carbonyl (C=O) groups is 1. The van der Waals surface area contributed by atoms with Crippen molar-refractivity contribution >= 4 is 50.5 Å². The van der Waals surface area contributed by atoms with E-state index in [0.717, 1.165) is 21.5 Å². The smallest absolute Gasteiger partial charge is 0.266 e. The third-order valence-corrected chi connectivity index (χ3v) is 6.04. The number of nitrogens with zero attached hydrogens (tertiary/aromatic N) is 2. The largest absolute Gasteiger partial charge is 0.457 e. The average Bonchev–Trinajstić information content (AvgIpc) is 3.35. The number of aliphatic imine (C=N–C) groups is 1. The van der Waals surface area contributed by atoms with Crippen LogP contribution in [0.4, 0.5) is 5.69 Å². The van der Waals surface area contributed by atoms with Gasteiger partial charge in [-0.05, 0) is 55.1 Å². The quantitative estimate of drug-likeness (QED) is 0.282. The number of hydrogen-bond acceptors (Lipinski definition) is 5. The van der Waals surface area contributed by atoms with E-state index in [2.05, 4.69) is 20.9 Å². The minimum absolute atomic E-state index is 0.0974. The Morgan fingerprint density at radius 3 is 2.74 bits per heavy atom. The van der Waals surface area contributed by atoms with Gasteiger partial charge in [-0.25, -0.2) is 4.99 Å². The predicted octanol–water partition coefficient (Wildman–Crippen LogP) is 6.35. The topological polar surface area (TPSA) is 55.0 Å². The van der Waals surface area contributed by atoms with Crippen LogP contribution in [0.2, 0.25) is 0 Å². The van der Waals surface area contributed by atoms with Crippen LogP contribution < -0.4 is 0 Å². The Kier molecular flexibility index (Phi) is 7.06. The van der Waals surface area contributed by atoms with E-state index in [0.29, 0.717) is 35.6 Å². The molecular weight excluding hydrogens is 476 g/mol. The van der Waals surface area contributed by atoms with Crippen LogP contribution in [-0.2, 0) is 9.53 Å². The van der Waals surface area contributed by atoms with Gasteiger partial charge in [0.2, 0.25) is 0 Å². The highest BCUT2D eigenvalue weighted by molar-refractivity contribution is 9.10. The van der Waals surface area contributed by atoms with Crippen LogP contribution in [0.25, 0.3) is 17.4 Å². The number of hydrogen-bond donors (Lipinski definition) is 0. The summed E-state index contributed by atoms with van der Waals surface area (Å²) >= 11 is 4.83. The molecule has 2 aromatic carbocycles. The number of amides is 1. The van der Waals surface area contributed by atoms with Crippen molar-refractivity contribution in [3.05, 3.63) is 81.9 Å². The van der Waals surface area contributed by atoms with E-state index in [1.165, 1.54) is 11.8 Å². The standard InChI is InChI=1S/C24H21BrN2O3S/c1-2-29-14-13-27-23(28)22(31-24(27)26-19-9-4-3-5-10-19)16-20-11-12-21(30-20)17-7-6-8-18(25)15-17/h3-12,15-16H,2,13-14H2,1H3/b22-16-,26-24?. The molecule has 3 aromatic rings. The van der Waals surface area contributed by atoms with Gasteiger partial charge in [0.1, 0.15) is 11.5 Å². The molecular formula is C24H21BrN2O3S. The number of halogens is 1. The highest BCUT2D eigenvalue weighted by Crippen LogP contribution is 2.35. The Balaban J connectivity index is 1.60. The van der Waals surface area contributed by atoms with Crippen molar-refractivity contribution in [2.24, 2.45) is 4.99 Å². The number of amidine groups is 1. The maximum absolute atomic E-state index is 13.1. The molecule has 1 aliphatic heterocycles. The lowest BCUT2D eigenvalue weighted by molar-refractivity contribution is -0.122. The van der Waals surface area contributed by atoms with Gasteiger partial charge in [-0.1, -0.05) is 46.3 Å². The number of carbonyl (C=O) groups excluding carboxylic acids is 1. The number of para-hydroxylation sites is 1. The van der Waals surface area contributed by atoms with E-state index in [1.54, 1.807) is 11.0 Å². The molecule has 1 saturated heterocycles. The zero-order valence-corrected chi connectivity index (χ0v) is 19.4. The Morgan fingerprint density at radius 2 is 1.97 bits per heavy atom. The van der Waals surface area contributed by atoms with Gasteiger partial charge < -0.3 is 9.15 Å². The fourth-order valence-electron chi connectivity index (χ4n) is 3.06. The second-order valence-electron chi connectivity index (χ2n) is 6.71. The first kappa shape index (κ1) is 21.6. The van der Waals surface area contributed by atoms with Gasteiger partial charge in [-0.15, -0.1) is 0 Å². The summed E-state index contributed by atoms with van der Waals surface area (Å²) in [5.41, 5.74) is 1.77. The second-order valence-corrected chi connectivity index (χ2v) is 8.63. The molecule has 0 aliphatic carbocycles. The third kappa shape index (κ3) is 5.36. The summed E-state index contributed by atoms with van der Waals surface area (Å²) in [6.07, 6.45) is 1.77. The molecule has 0 bridgehead atoms. The maximum Gasteiger partial charge on any atom is 0.266 e. The number of ether oxygens (including phenoxy) is 1. The Morgan fingerprint density at radius 1 is 1.13 bits per heavy atom. The van der Waals surface area contributed by atoms with E-state index in [4.69, 9.17) is 9.15 Å². The van der Waals surface area contributed by atoms with E-state index in [1.807, 2.05) is 73.7 Å². The Bertz CT molecular complexity index is 1120. The summed E-state index contributed by atoms with van der Waals surface area (Å²) in [5.74, 6) is 1.27. The molecule has 0 N–H and O–H groups in total. The summed E-state index contributed by atoms with van der Waals surface area (Å²) in [5, 5.41) is 0.640. The monoisotopic (exact) mass is 496 g/mol. The maximum atomic E-state index is 13.1. The van der Waals surface area contributed by atoms with E-state index in [9.17, 15) is 4.79 Å². The molecule has 0 unspecified atom stereocenters. The minimum atomic E-state index is -0.0974. The van der Waals surface area contributed by atoms with Crippen LogP contribution in [0.1, 0.15) is 12.7 Å². The lowest BCUT2D eigenvalue weighted by Gasteiger charge is -2.15. The highest BCUT2D eigenvalue weighted by atomic mass is 79.9. The Hall–Kier alpha value is -2.61. The van der Waals surface area contributed by atoms with Crippen LogP contribution in [0.5, 0.6) is 0 Å². The number of rotatable bonds is 7. The van der Waals surface area contributed by atoms with Gasteiger partial charge in [-0.3, -0.25) is 9.69 Å². The molecule has 0 saturated carbocycles. The molecule has 1 fully saturated rings. The molecule has 0 radical (unpaired) electrons. The number of benzene rings is 2. The molecule has 4 rings (SSSR count). The summed E-state index contributed by atoms with van der Waals surface area (Å²) in [6.45, 7) is 3.44. The van der Waals surface area contributed by atoms with Gasteiger partial charge in [-0.2, -0.15) is 0 Å². The van der Waals surface area contributed by atoms with Crippen LogP contribution in [-0.4, -0.2) is 35.7 Å². The highest BCUT2D eigenvalue weighted by Gasteiger charge is 2.33. The van der Waals surface area contributed by atoms with Crippen LogP contribution in [0.3, 0.4) is 0 Å². The first-order valence-corrected chi connectivity index (χ1v) is 11.5. The Labute approximate surface area is 193 Å². The summed E-state index contributed by atoms with van der Waals surface area (Å²) in [6, 6.07) is 21.3. The van der Waals surface area contributed by atoms with Crippen molar-refractivity contribution in [2.45, 2.75) is 6.92 Å². The first-order chi connectivity index (χ1) is 15.1. The van der Waals surface area contributed by atoms with Crippen molar-refractivity contribution in [3.8, 4) is 11.3 Å². The first-order valence-electron chi connectivity index (χ1n) is 9.92. The molecule has 1 aliphatic rings. The molecule has 5 nitrogen and oxygen atoms in total. The van der Waals surface area contributed by atoms with Crippen LogP contribution in [0.15, 0.2) is 85.5 Å². The van der Waals surface area contributed by atoms with Crippen LogP contribution in [0, 0.1) is 0 Å². The van der Waals surface area contributed by atoms with Crippen molar-refractivity contribution < 1.29 is 13.9 Å². The van der Waals surface area contributed by atoms with Crippen LogP contribution >= 0.6 is 27.7 Å². The fourth-order valence-corrected chi connectivity index (χ4v) is 4.46. The minimum Gasteiger partial charge on any atom is -0.457 e. The zero-order chi connectivity index (χ0) is 21.6. The second kappa shape index (κ2) is 10.1. The van der Waals surface area contributed by atoms with Crippen molar-refractivity contribution in [1.82, 2.24) is 4.90 Å². The van der Waals surface area contributed by atoms with Crippen molar-refractivity contribution in [3.63, 3.8) is 0 Å². The number of furan rings is 1. The predicted molar refractivity (Wildman–Crippen MR) is 129 cm³/mol. The lowest BCUT2D eigenvalue weighted by Crippen LogP contribution is -2.32. The molecule has 0 spiro atoms. The molecule has 2 heterocycles. The fraction of sp³-hybridized carbons (Fsp3) is 0.167. The van der Waals surface area contributed by atoms with Gasteiger partial charge in [0.25, 0.3) is 5.91 Å². The normalized spacial score (nSPS) is 16.6. The summed E-state index contributed by atoms with van der Waals surface area (Å²) in [7, 11) is 0. The van der Waals surface area contributed by atoms with Gasteiger partial charge in [0.15, 0.2) is 5.17 Å². The average molecular weight is 497 g/mol. The molecule has 1 amide bonds. The lowest BCUT2D eigenvalue weighted by atomic mass is 10.2.